The summed E-state index contributed by atoms with van der Waals surface area (Å²) >= 11 is 0. The molecule has 1 aliphatic rings. The Morgan fingerprint density at radius 3 is 3.00 bits per heavy atom. The number of nitrogens with zero attached hydrogens (tertiary/aromatic N) is 1. The van der Waals surface area contributed by atoms with Crippen LogP contribution in [0.15, 0.2) is 0 Å². The number of ether oxygens (including phenoxy) is 1. The van der Waals surface area contributed by atoms with E-state index in [1.807, 2.05) is 0 Å². The van der Waals surface area contributed by atoms with Crippen LogP contribution in [-0.2, 0) is 9.53 Å². The van der Waals surface area contributed by atoms with E-state index in [9.17, 15) is 4.79 Å². The van der Waals surface area contributed by atoms with Gasteiger partial charge in [-0.05, 0) is 6.42 Å². The molecule has 13 heavy (non-hydrogen) atoms. The highest BCUT2D eigenvalue weighted by atomic mass is 16.5. The number of ketones is 1. The van der Waals surface area contributed by atoms with Gasteiger partial charge < -0.3 is 4.74 Å². The molecule has 0 bridgehead atoms. The molecule has 1 fully saturated rings. The fourth-order valence-electron chi connectivity index (χ4n) is 1.76. The lowest BCUT2D eigenvalue weighted by atomic mass is 9.94. The molecule has 3 heteroatoms. The second kappa shape index (κ2) is 5.35. The van der Waals surface area contributed by atoms with Gasteiger partial charge in [0.15, 0.2) is 0 Å². The smallest absolute Gasteiger partial charge is 0.138 e. The number of carbonyl (C=O) groups is 1. The van der Waals surface area contributed by atoms with E-state index in [0.717, 1.165) is 39.1 Å². The summed E-state index contributed by atoms with van der Waals surface area (Å²) in [4.78, 5) is 13.7. The van der Waals surface area contributed by atoms with Gasteiger partial charge in [0.1, 0.15) is 5.78 Å². The topological polar surface area (TPSA) is 29.5 Å². The first-order valence-electron chi connectivity index (χ1n) is 5.02. The lowest BCUT2D eigenvalue weighted by Crippen LogP contribution is -2.41. The third-order valence-electron chi connectivity index (χ3n) is 2.71. The van der Waals surface area contributed by atoms with Crippen molar-refractivity contribution in [2.75, 3.05) is 33.4 Å². The largest absolute Gasteiger partial charge is 0.383 e. The molecule has 0 aliphatic carbocycles. The number of carbonyl (C=O) groups excluding carboxylic acids is 1. The van der Waals surface area contributed by atoms with E-state index in [2.05, 4.69) is 11.8 Å². The summed E-state index contributed by atoms with van der Waals surface area (Å²) in [6.07, 6.45) is 1.70. The van der Waals surface area contributed by atoms with E-state index in [4.69, 9.17) is 4.74 Å². The van der Waals surface area contributed by atoms with E-state index < -0.39 is 0 Å². The molecule has 0 amide bonds. The Bertz CT molecular complexity index is 170. The average molecular weight is 185 g/mol. The lowest BCUT2D eigenvalue weighted by Gasteiger charge is -2.30. The van der Waals surface area contributed by atoms with Crippen LogP contribution in [0.5, 0.6) is 0 Å². The van der Waals surface area contributed by atoms with Crippen molar-refractivity contribution in [1.29, 1.82) is 0 Å². The van der Waals surface area contributed by atoms with Gasteiger partial charge in [-0.3, -0.25) is 9.69 Å². The van der Waals surface area contributed by atoms with Crippen LogP contribution in [0.3, 0.4) is 0 Å². The van der Waals surface area contributed by atoms with Crippen LogP contribution in [0.4, 0.5) is 0 Å². The molecule has 3 nitrogen and oxygen atoms in total. The number of likely N-dealkylation sites (tertiary alicyclic amines) is 1. The number of hydrogen-bond acceptors (Lipinski definition) is 3. The first-order valence-corrected chi connectivity index (χ1v) is 5.02. The summed E-state index contributed by atoms with van der Waals surface area (Å²) in [7, 11) is 1.71. The SMILES string of the molecule is CC[C@@H]1CN(CCOC)CCC1=O. The number of Topliss-reactive ketones (excluding diaryl/α,β-unsaturated/α-hetero) is 1. The lowest BCUT2D eigenvalue weighted by molar-refractivity contribution is -0.126. The Morgan fingerprint density at radius 1 is 1.62 bits per heavy atom. The maximum absolute atomic E-state index is 11.4. The van der Waals surface area contributed by atoms with Crippen molar-refractivity contribution in [3.63, 3.8) is 0 Å². The fraction of sp³-hybridized carbons (Fsp3) is 0.900. The molecule has 0 unspecified atom stereocenters. The second-order valence-corrected chi connectivity index (χ2v) is 3.61. The van der Waals surface area contributed by atoms with Gasteiger partial charge in [-0.1, -0.05) is 6.92 Å². The molecule has 0 spiro atoms. The zero-order chi connectivity index (χ0) is 9.68. The highest BCUT2D eigenvalue weighted by Gasteiger charge is 2.24. The first kappa shape index (κ1) is 10.7. The predicted molar refractivity (Wildman–Crippen MR) is 51.7 cm³/mol. The van der Waals surface area contributed by atoms with Gasteiger partial charge in [-0.2, -0.15) is 0 Å². The molecule has 0 saturated carbocycles. The molecule has 0 aromatic heterocycles. The fourth-order valence-corrected chi connectivity index (χ4v) is 1.76. The standard InChI is InChI=1S/C10H19NO2/c1-3-9-8-11(6-7-13-2)5-4-10(9)12/h9H,3-8H2,1-2H3/t9-/m1/s1. The molecule has 1 rings (SSSR count). The van der Waals surface area contributed by atoms with Crippen molar-refractivity contribution in [2.24, 2.45) is 5.92 Å². The summed E-state index contributed by atoms with van der Waals surface area (Å²) < 4.78 is 5.01. The Hall–Kier alpha value is -0.410. The Balaban J connectivity index is 2.31. The molecule has 76 valence electrons. The zero-order valence-electron chi connectivity index (χ0n) is 8.58. The maximum atomic E-state index is 11.4. The van der Waals surface area contributed by atoms with Gasteiger partial charge in [-0.25, -0.2) is 0 Å². The van der Waals surface area contributed by atoms with Crippen LogP contribution in [0.2, 0.25) is 0 Å². The van der Waals surface area contributed by atoms with Crippen LogP contribution >= 0.6 is 0 Å². The van der Waals surface area contributed by atoms with E-state index in [1.165, 1.54) is 0 Å². The van der Waals surface area contributed by atoms with Gasteiger partial charge in [0.2, 0.25) is 0 Å². The van der Waals surface area contributed by atoms with Crippen molar-refractivity contribution >= 4 is 5.78 Å². The molecular weight excluding hydrogens is 166 g/mol. The summed E-state index contributed by atoms with van der Waals surface area (Å²) in [6.45, 7) is 5.66. The quantitative estimate of drug-likeness (QED) is 0.652. The molecule has 0 N–H and O–H groups in total. The van der Waals surface area contributed by atoms with Gasteiger partial charge in [0.25, 0.3) is 0 Å². The zero-order valence-corrected chi connectivity index (χ0v) is 8.58. The number of piperidine rings is 1. The van der Waals surface area contributed by atoms with E-state index >= 15 is 0 Å². The summed E-state index contributed by atoms with van der Waals surface area (Å²) in [5.74, 6) is 0.710. The van der Waals surface area contributed by atoms with Gasteiger partial charge in [-0.15, -0.1) is 0 Å². The second-order valence-electron chi connectivity index (χ2n) is 3.61. The number of methoxy groups -OCH3 is 1. The molecule has 0 radical (unpaired) electrons. The highest BCUT2D eigenvalue weighted by molar-refractivity contribution is 5.82. The molecule has 1 heterocycles. The average Bonchev–Trinajstić information content (AvgIpc) is 2.16. The number of hydrogen-bond donors (Lipinski definition) is 0. The molecule has 0 aromatic carbocycles. The van der Waals surface area contributed by atoms with Crippen molar-refractivity contribution < 1.29 is 9.53 Å². The molecule has 1 atom stereocenters. The number of rotatable bonds is 4. The Morgan fingerprint density at radius 2 is 2.38 bits per heavy atom. The molecule has 1 aliphatic heterocycles. The minimum Gasteiger partial charge on any atom is -0.383 e. The minimum atomic E-state index is 0.269. The molecule has 1 saturated heterocycles. The monoisotopic (exact) mass is 185 g/mol. The van der Waals surface area contributed by atoms with E-state index in [0.29, 0.717) is 5.78 Å². The third kappa shape index (κ3) is 3.08. The van der Waals surface area contributed by atoms with E-state index in [-0.39, 0.29) is 5.92 Å². The third-order valence-corrected chi connectivity index (χ3v) is 2.71. The molecular formula is C10H19NO2. The summed E-state index contributed by atoms with van der Waals surface area (Å²) in [6, 6.07) is 0. The van der Waals surface area contributed by atoms with Gasteiger partial charge in [0.05, 0.1) is 6.61 Å². The predicted octanol–water partition coefficient (Wildman–Crippen LogP) is 0.934. The van der Waals surface area contributed by atoms with Crippen LogP contribution in [0.25, 0.3) is 0 Å². The normalized spacial score (nSPS) is 25.1. The Kier molecular flexibility index (Phi) is 4.39. The van der Waals surface area contributed by atoms with Gasteiger partial charge >= 0.3 is 0 Å². The Labute approximate surface area is 80.1 Å². The maximum Gasteiger partial charge on any atom is 0.138 e. The van der Waals surface area contributed by atoms with Gasteiger partial charge in [0, 0.05) is 39.1 Å². The first-order chi connectivity index (χ1) is 6.27. The van der Waals surface area contributed by atoms with Crippen molar-refractivity contribution in [2.45, 2.75) is 19.8 Å². The summed E-state index contributed by atoms with van der Waals surface area (Å²) in [5, 5.41) is 0. The van der Waals surface area contributed by atoms with E-state index in [1.54, 1.807) is 7.11 Å². The van der Waals surface area contributed by atoms with Crippen LogP contribution in [0, 0.1) is 5.92 Å². The van der Waals surface area contributed by atoms with Crippen molar-refractivity contribution in [1.82, 2.24) is 4.90 Å². The van der Waals surface area contributed by atoms with Crippen LogP contribution in [-0.4, -0.2) is 44.0 Å². The highest BCUT2D eigenvalue weighted by Crippen LogP contribution is 2.15. The molecule has 0 aromatic rings. The minimum absolute atomic E-state index is 0.269. The van der Waals surface area contributed by atoms with Crippen LogP contribution < -0.4 is 0 Å². The van der Waals surface area contributed by atoms with Crippen molar-refractivity contribution in [3.05, 3.63) is 0 Å². The summed E-state index contributed by atoms with van der Waals surface area (Å²) in [5.41, 5.74) is 0. The van der Waals surface area contributed by atoms with Crippen LogP contribution in [0.1, 0.15) is 19.8 Å². The van der Waals surface area contributed by atoms with Crippen molar-refractivity contribution in [3.8, 4) is 0 Å².